The zero-order valence-electron chi connectivity index (χ0n) is 12.9. The van der Waals surface area contributed by atoms with E-state index in [1.54, 1.807) is 22.4 Å². The predicted octanol–water partition coefficient (Wildman–Crippen LogP) is 3.68. The Balaban J connectivity index is 1.66. The molecule has 5 heteroatoms. The molecule has 1 aliphatic rings. The van der Waals surface area contributed by atoms with Gasteiger partial charge in [-0.1, -0.05) is 37.3 Å². The summed E-state index contributed by atoms with van der Waals surface area (Å²) in [5.41, 5.74) is 1.19. The molecule has 0 radical (unpaired) electrons. The van der Waals surface area contributed by atoms with Crippen molar-refractivity contribution in [2.45, 2.75) is 25.9 Å². The molecule has 0 spiro atoms. The summed E-state index contributed by atoms with van der Waals surface area (Å²) in [6, 6.07) is 10.3. The normalized spacial score (nSPS) is 21.2. The van der Waals surface area contributed by atoms with Crippen molar-refractivity contribution in [2.75, 3.05) is 7.05 Å². The van der Waals surface area contributed by atoms with E-state index in [0.29, 0.717) is 18.4 Å². The fourth-order valence-corrected chi connectivity index (χ4v) is 3.43. The Hall–Kier alpha value is -1.88. The molecule has 22 heavy (non-hydrogen) atoms. The van der Waals surface area contributed by atoms with Crippen molar-refractivity contribution in [3.63, 3.8) is 0 Å². The van der Waals surface area contributed by atoms with Crippen molar-refractivity contribution in [2.24, 2.45) is 11.8 Å². The second-order valence-corrected chi connectivity index (χ2v) is 6.98. The molecule has 1 saturated carbocycles. The van der Waals surface area contributed by atoms with E-state index < -0.39 is 0 Å². The summed E-state index contributed by atoms with van der Waals surface area (Å²) in [4.78, 5) is 18.4. The Labute approximate surface area is 135 Å². The maximum atomic E-state index is 12.5. The number of hydrogen-bond acceptors (Lipinski definition) is 3. The lowest BCUT2D eigenvalue weighted by molar-refractivity contribution is 0.200. The van der Waals surface area contributed by atoms with Gasteiger partial charge in [-0.3, -0.25) is 0 Å². The summed E-state index contributed by atoms with van der Waals surface area (Å²) >= 11 is 1.57. The van der Waals surface area contributed by atoms with Crippen molar-refractivity contribution in [1.29, 1.82) is 0 Å². The molecule has 2 amide bonds. The van der Waals surface area contributed by atoms with Gasteiger partial charge >= 0.3 is 6.03 Å². The van der Waals surface area contributed by atoms with E-state index in [-0.39, 0.29) is 12.1 Å². The first-order chi connectivity index (χ1) is 10.6. The van der Waals surface area contributed by atoms with Crippen molar-refractivity contribution in [3.8, 4) is 0 Å². The van der Waals surface area contributed by atoms with Gasteiger partial charge in [0.15, 0.2) is 0 Å². The van der Waals surface area contributed by atoms with E-state index in [1.165, 1.54) is 12.0 Å². The van der Waals surface area contributed by atoms with E-state index in [9.17, 15) is 4.79 Å². The van der Waals surface area contributed by atoms with E-state index >= 15 is 0 Å². The van der Waals surface area contributed by atoms with Crippen molar-refractivity contribution in [1.82, 2.24) is 15.2 Å². The van der Waals surface area contributed by atoms with Crippen LogP contribution in [-0.4, -0.2) is 23.0 Å². The Bertz CT molecular complexity index is 614. The molecule has 3 atom stereocenters. The number of nitrogens with zero attached hydrogens (tertiary/aromatic N) is 2. The second-order valence-electron chi connectivity index (χ2n) is 6.00. The Kier molecular flexibility index (Phi) is 4.43. The third-order valence-electron chi connectivity index (χ3n) is 4.24. The van der Waals surface area contributed by atoms with Gasteiger partial charge in [-0.05, 0) is 23.8 Å². The molecule has 1 heterocycles. The number of carbonyl (C=O) groups is 1. The first kappa shape index (κ1) is 15.0. The molecule has 4 nitrogen and oxygen atoms in total. The van der Waals surface area contributed by atoms with Gasteiger partial charge in [0.25, 0.3) is 0 Å². The molecule has 0 bridgehead atoms. The Morgan fingerprint density at radius 1 is 1.45 bits per heavy atom. The number of amides is 2. The van der Waals surface area contributed by atoms with Crippen LogP contribution in [0, 0.1) is 11.8 Å². The minimum atomic E-state index is -0.0387. The highest BCUT2D eigenvalue weighted by Gasteiger charge is 2.41. The molecule has 1 aromatic heterocycles. The van der Waals surface area contributed by atoms with Gasteiger partial charge in [0.05, 0.1) is 12.6 Å². The Morgan fingerprint density at radius 2 is 2.18 bits per heavy atom. The lowest BCUT2D eigenvalue weighted by atomic mass is 10.0. The van der Waals surface area contributed by atoms with Crippen LogP contribution in [0.25, 0.3) is 0 Å². The molecule has 2 aromatic rings. The van der Waals surface area contributed by atoms with Crippen LogP contribution < -0.4 is 5.32 Å². The van der Waals surface area contributed by atoms with Gasteiger partial charge < -0.3 is 10.2 Å². The molecule has 0 saturated heterocycles. The summed E-state index contributed by atoms with van der Waals surface area (Å²) in [5, 5.41) is 6.08. The lowest BCUT2D eigenvalue weighted by Crippen LogP contribution is -2.39. The number of carbonyl (C=O) groups excluding carboxylic acids is 1. The Morgan fingerprint density at radius 3 is 2.77 bits per heavy atom. The molecule has 0 aliphatic heterocycles. The summed E-state index contributed by atoms with van der Waals surface area (Å²) in [6.07, 6.45) is 2.94. The van der Waals surface area contributed by atoms with Crippen molar-refractivity contribution >= 4 is 17.4 Å². The topological polar surface area (TPSA) is 45.2 Å². The highest BCUT2D eigenvalue weighted by Crippen LogP contribution is 2.46. The average molecular weight is 315 g/mol. The number of hydrogen-bond donors (Lipinski definition) is 1. The summed E-state index contributed by atoms with van der Waals surface area (Å²) in [6.45, 7) is 2.79. The zero-order valence-corrected chi connectivity index (χ0v) is 13.7. The maximum Gasteiger partial charge on any atom is 0.318 e. The minimum Gasteiger partial charge on any atom is -0.331 e. The zero-order chi connectivity index (χ0) is 15.5. The molecule has 0 unspecified atom stereocenters. The summed E-state index contributed by atoms with van der Waals surface area (Å²) in [7, 11) is 1.81. The quantitative estimate of drug-likeness (QED) is 0.915. The van der Waals surface area contributed by atoms with Crippen LogP contribution in [0.3, 0.4) is 0 Å². The highest BCUT2D eigenvalue weighted by molar-refractivity contribution is 7.09. The van der Waals surface area contributed by atoms with Crippen molar-refractivity contribution < 1.29 is 4.79 Å². The minimum absolute atomic E-state index is 0.0387. The standard InChI is InChI=1S/C17H21N3OS/c1-12-10-14(12)16(13-6-4-3-5-7-13)19-17(21)20(2)11-15-18-8-9-22-15/h3-9,12,14,16H,10-11H2,1-2H3,(H,19,21)/t12-,14+,16-/m1/s1. The maximum absolute atomic E-state index is 12.5. The van der Waals surface area contributed by atoms with E-state index in [4.69, 9.17) is 0 Å². The smallest absolute Gasteiger partial charge is 0.318 e. The van der Waals surface area contributed by atoms with Gasteiger partial charge in [0.2, 0.25) is 0 Å². The van der Waals surface area contributed by atoms with E-state index in [1.807, 2.05) is 30.6 Å². The van der Waals surface area contributed by atoms with E-state index in [0.717, 1.165) is 5.01 Å². The van der Waals surface area contributed by atoms with Gasteiger partial charge in [0.1, 0.15) is 5.01 Å². The van der Waals surface area contributed by atoms with Crippen LogP contribution in [0.4, 0.5) is 4.79 Å². The second kappa shape index (κ2) is 6.48. The lowest BCUT2D eigenvalue weighted by Gasteiger charge is -2.24. The number of thiazole rings is 1. The van der Waals surface area contributed by atoms with Gasteiger partial charge in [0, 0.05) is 18.6 Å². The first-order valence-corrected chi connectivity index (χ1v) is 8.48. The third-order valence-corrected chi connectivity index (χ3v) is 5.00. The fourth-order valence-electron chi connectivity index (χ4n) is 2.76. The van der Waals surface area contributed by atoms with Gasteiger partial charge in [-0.15, -0.1) is 11.3 Å². The molecule has 1 aromatic carbocycles. The monoisotopic (exact) mass is 315 g/mol. The molecule has 1 N–H and O–H groups in total. The molecule has 1 fully saturated rings. The number of rotatable bonds is 5. The van der Waals surface area contributed by atoms with E-state index in [2.05, 4.69) is 29.4 Å². The average Bonchev–Trinajstić information content (AvgIpc) is 3.02. The number of aromatic nitrogens is 1. The van der Waals surface area contributed by atoms with Crippen LogP contribution >= 0.6 is 11.3 Å². The molecule has 116 valence electrons. The molecule has 1 aliphatic carbocycles. The highest BCUT2D eigenvalue weighted by atomic mass is 32.1. The van der Waals surface area contributed by atoms with Crippen LogP contribution in [0.1, 0.15) is 30.0 Å². The van der Waals surface area contributed by atoms with Gasteiger partial charge in [-0.2, -0.15) is 0 Å². The summed E-state index contributed by atoms with van der Waals surface area (Å²) in [5.74, 6) is 1.22. The van der Waals surface area contributed by atoms with Crippen LogP contribution in [0.5, 0.6) is 0 Å². The van der Waals surface area contributed by atoms with Crippen LogP contribution in [0.15, 0.2) is 41.9 Å². The number of nitrogens with one attached hydrogen (secondary N) is 1. The van der Waals surface area contributed by atoms with Crippen molar-refractivity contribution in [3.05, 3.63) is 52.5 Å². The van der Waals surface area contributed by atoms with Gasteiger partial charge in [-0.25, -0.2) is 9.78 Å². The molecular formula is C17H21N3OS. The fraction of sp³-hybridized carbons (Fsp3) is 0.412. The first-order valence-electron chi connectivity index (χ1n) is 7.60. The summed E-state index contributed by atoms with van der Waals surface area (Å²) < 4.78 is 0. The van der Waals surface area contributed by atoms with Crippen LogP contribution in [0.2, 0.25) is 0 Å². The third kappa shape index (κ3) is 3.47. The van der Waals surface area contributed by atoms with Crippen LogP contribution in [-0.2, 0) is 6.54 Å². The number of benzene rings is 1. The molecular weight excluding hydrogens is 294 g/mol. The SMILES string of the molecule is C[C@@H]1C[C@@H]1[C@H](NC(=O)N(C)Cc1nccs1)c1ccccc1. The largest absolute Gasteiger partial charge is 0.331 e. The predicted molar refractivity (Wildman–Crippen MR) is 88.6 cm³/mol. The number of urea groups is 1. The molecule has 3 rings (SSSR count).